The van der Waals surface area contributed by atoms with Crippen LogP contribution in [0.15, 0.2) is 84.9 Å². The molecule has 0 saturated heterocycles. The number of hydrogen-bond donors (Lipinski definition) is 2. The molecule has 4 heterocycles. The summed E-state index contributed by atoms with van der Waals surface area (Å²) in [6.45, 7) is 0. The van der Waals surface area contributed by atoms with Crippen LogP contribution in [0.4, 0.5) is 0 Å². The van der Waals surface area contributed by atoms with Crippen molar-refractivity contribution in [3.63, 3.8) is 0 Å². The molecule has 0 amide bonds. The van der Waals surface area contributed by atoms with E-state index in [0.717, 1.165) is 44.7 Å². The summed E-state index contributed by atoms with van der Waals surface area (Å²) in [6, 6.07) is 27.9. The summed E-state index contributed by atoms with van der Waals surface area (Å²) in [5, 5.41) is 13.1. The molecular weight excluding hydrogens is 382 g/mol. The number of nitrogens with zero attached hydrogens (tertiary/aromatic N) is 1. The van der Waals surface area contributed by atoms with Crippen molar-refractivity contribution in [1.82, 2.24) is 15.0 Å². The van der Waals surface area contributed by atoms with Crippen LogP contribution < -0.4 is 5.11 Å². The highest BCUT2D eigenvalue weighted by Crippen LogP contribution is 2.35. The van der Waals surface area contributed by atoms with Crippen molar-refractivity contribution in [2.45, 2.75) is 0 Å². The largest absolute Gasteiger partial charge is 0.870 e. The highest BCUT2D eigenvalue weighted by Gasteiger charge is 2.15. The lowest BCUT2D eigenvalue weighted by molar-refractivity contribution is -0.263. The predicted molar refractivity (Wildman–Crippen MR) is 125 cm³/mol. The van der Waals surface area contributed by atoms with Gasteiger partial charge in [-0.1, -0.05) is 66.4 Å². The molecule has 148 valence electrons. The quantitative estimate of drug-likeness (QED) is 0.371. The third-order valence-corrected chi connectivity index (χ3v) is 5.68. The van der Waals surface area contributed by atoms with E-state index in [0.29, 0.717) is 11.0 Å². The first kappa shape index (κ1) is 17.5. The first-order valence-corrected chi connectivity index (χ1v) is 10.2. The van der Waals surface area contributed by atoms with Gasteiger partial charge >= 0.3 is 0 Å². The van der Waals surface area contributed by atoms with Crippen molar-refractivity contribution in [1.29, 1.82) is 0 Å². The van der Waals surface area contributed by atoms with Gasteiger partial charge in [0, 0.05) is 33.2 Å². The fraction of sp³-hybridized carbons (Fsp3) is 0. The maximum absolute atomic E-state index is 13.1. The molecule has 0 spiro atoms. The number of rotatable bonds is 2. The third kappa shape index (κ3) is 2.89. The minimum Gasteiger partial charge on any atom is -0.870 e. The Balaban J connectivity index is 1.82. The smallest absolute Gasteiger partial charge is 0.0737 e. The minimum absolute atomic E-state index is 0.0647. The lowest BCUT2D eigenvalue weighted by Gasteiger charge is -2.07. The molecule has 4 heteroatoms. The Hall–Kier alpha value is -4.31. The second-order valence-electron chi connectivity index (χ2n) is 7.60. The second kappa shape index (κ2) is 6.89. The Bertz CT molecular complexity index is 1410. The molecule has 2 aromatic carbocycles. The molecule has 2 N–H and O–H groups in total. The SMILES string of the molecule is [O-]c1c2ccc([nH]2)c(-c2ccccc2)c2nc(c(-c3ccccc3)c3ccc1[nH]3)C=C2. The summed E-state index contributed by atoms with van der Waals surface area (Å²) >= 11 is 0. The van der Waals surface area contributed by atoms with E-state index in [1.165, 1.54) is 0 Å². The lowest BCUT2D eigenvalue weighted by atomic mass is 10.0. The Morgan fingerprint density at radius 1 is 0.516 bits per heavy atom. The van der Waals surface area contributed by atoms with Gasteiger partial charge in [-0.3, -0.25) is 0 Å². The molecule has 3 aromatic heterocycles. The normalized spacial score (nSPS) is 11.9. The first-order valence-electron chi connectivity index (χ1n) is 10.2. The number of H-pyrrole nitrogens is 2. The van der Waals surface area contributed by atoms with E-state index in [1.54, 1.807) is 0 Å². The molecule has 1 aliphatic heterocycles. The summed E-state index contributed by atoms with van der Waals surface area (Å²) in [6.07, 6.45) is 4.09. The zero-order chi connectivity index (χ0) is 20.8. The lowest BCUT2D eigenvalue weighted by Crippen LogP contribution is -1.91. The zero-order valence-electron chi connectivity index (χ0n) is 16.6. The first-order chi connectivity index (χ1) is 15.3. The van der Waals surface area contributed by atoms with Crippen LogP contribution in [0.3, 0.4) is 0 Å². The van der Waals surface area contributed by atoms with E-state index in [1.807, 2.05) is 72.8 Å². The van der Waals surface area contributed by atoms with Crippen molar-refractivity contribution in [3.05, 3.63) is 96.3 Å². The van der Waals surface area contributed by atoms with Crippen LogP contribution in [-0.2, 0) is 0 Å². The average Bonchev–Trinajstić information content (AvgIpc) is 3.57. The van der Waals surface area contributed by atoms with Gasteiger partial charge in [0.2, 0.25) is 0 Å². The number of fused-ring (bicyclic) bond motifs is 6. The van der Waals surface area contributed by atoms with Gasteiger partial charge in [0.1, 0.15) is 0 Å². The van der Waals surface area contributed by atoms with Crippen LogP contribution in [-0.4, -0.2) is 15.0 Å². The minimum atomic E-state index is -0.0647. The van der Waals surface area contributed by atoms with Gasteiger partial charge in [-0.2, -0.15) is 0 Å². The van der Waals surface area contributed by atoms with Crippen LogP contribution in [0.2, 0.25) is 0 Å². The second-order valence-corrected chi connectivity index (χ2v) is 7.60. The Morgan fingerprint density at radius 2 is 0.935 bits per heavy atom. The number of aromatic amines is 2. The number of nitrogens with one attached hydrogen (secondary N) is 2. The van der Waals surface area contributed by atoms with Crippen molar-refractivity contribution in [2.75, 3.05) is 0 Å². The van der Waals surface area contributed by atoms with E-state index in [2.05, 4.69) is 34.2 Å². The number of hydrogen-bond acceptors (Lipinski definition) is 2. The van der Waals surface area contributed by atoms with E-state index >= 15 is 0 Å². The Kier molecular flexibility index (Phi) is 3.90. The van der Waals surface area contributed by atoms with Crippen molar-refractivity contribution >= 4 is 34.2 Å². The number of aromatic nitrogens is 3. The molecular formula is C27H18N3O-. The highest BCUT2D eigenvalue weighted by atomic mass is 16.3. The standard InChI is InChI=1S/C27H19N3O/c31-27-23-15-13-21(29-23)25(17-7-3-1-4-8-17)19-11-12-20(28-19)26(18-9-5-2-6-10-18)22-14-16-24(27)30-22/h1-16,29-31H/p-1. The summed E-state index contributed by atoms with van der Waals surface area (Å²) in [5.74, 6) is -0.0647. The molecule has 6 bridgehead atoms. The Labute approximate surface area is 178 Å². The molecule has 0 unspecified atom stereocenters. The summed E-state index contributed by atoms with van der Waals surface area (Å²) in [5.41, 5.74) is 8.60. The van der Waals surface area contributed by atoms with Crippen LogP contribution in [0, 0.1) is 0 Å². The molecule has 0 saturated carbocycles. The molecule has 1 aliphatic rings. The van der Waals surface area contributed by atoms with Crippen molar-refractivity contribution < 1.29 is 5.11 Å². The molecule has 0 radical (unpaired) electrons. The van der Waals surface area contributed by atoms with E-state index in [4.69, 9.17) is 4.98 Å². The molecule has 0 atom stereocenters. The van der Waals surface area contributed by atoms with Crippen LogP contribution >= 0.6 is 0 Å². The Morgan fingerprint density at radius 3 is 1.39 bits per heavy atom. The number of benzene rings is 2. The van der Waals surface area contributed by atoms with Crippen molar-refractivity contribution in [3.8, 4) is 28.0 Å². The summed E-state index contributed by atoms with van der Waals surface area (Å²) in [7, 11) is 0. The van der Waals surface area contributed by atoms with Gasteiger partial charge in [0.25, 0.3) is 0 Å². The molecule has 0 fully saturated rings. The molecule has 4 nitrogen and oxygen atoms in total. The summed E-state index contributed by atoms with van der Waals surface area (Å²) < 4.78 is 0. The van der Waals surface area contributed by atoms with Gasteiger partial charge < -0.3 is 15.1 Å². The van der Waals surface area contributed by atoms with Gasteiger partial charge in [0.05, 0.1) is 11.4 Å². The zero-order valence-corrected chi connectivity index (χ0v) is 16.6. The van der Waals surface area contributed by atoms with E-state index in [9.17, 15) is 5.11 Å². The van der Waals surface area contributed by atoms with E-state index in [-0.39, 0.29) is 5.75 Å². The van der Waals surface area contributed by atoms with Gasteiger partial charge in [-0.25, -0.2) is 4.98 Å². The van der Waals surface area contributed by atoms with Crippen LogP contribution in [0.5, 0.6) is 5.75 Å². The van der Waals surface area contributed by atoms with Crippen LogP contribution in [0.1, 0.15) is 11.4 Å². The fourth-order valence-corrected chi connectivity index (χ4v) is 4.22. The van der Waals surface area contributed by atoms with Gasteiger partial charge in [-0.05, 0) is 47.5 Å². The van der Waals surface area contributed by atoms with Crippen LogP contribution in [0.25, 0.3) is 56.5 Å². The third-order valence-electron chi connectivity index (χ3n) is 5.68. The molecule has 5 aromatic rings. The molecule has 6 rings (SSSR count). The van der Waals surface area contributed by atoms with Crippen molar-refractivity contribution in [2.24, 2.45) is 0 Å². The monoisotopic (exact) mass is 400 g/mol. The van der Waals surface area contributed by atoms with Gasteiger partial charge in [0.15, 0.2) is 0 Å². The van der Waals surface area contributed by atoms with Gasteiger partial charge in [-0.15, -0.1) is 0 Å². The predicted octanol–water partition coefficient (Wildman–Crippen LogP) is 6.06. The van der Waals surface area contributed by atoms with E-state index < -0.39 is 0 Å². The fourth-order valence-electron chi connectivity index (χ4n) is 4.22. The summed E-state index contributed by atoms with van der Waals surface area (Å²) in [4.78, 5) is 11.7. The maximum atomic E-state index is 13.1. The maximum Gasteiger partial charge on any atom is 0.0737 e. The molecule has 0 aliphatic carbocycles. The highest BCUT2D eigenvalue weighted by molar-refractivity contribution is 5.96. The molecule has 31 heavy (non-hydrogen) atoms. The average molecular weight is 400 g/mol. The topological polar surface area (TPSA) is 67.5 Å².